The summed E-state index contributed by atoms with van der Waals surface area (Å²) in [5.41, 5.74) is -2.16. The number of hydrogen-bond donors (Lipinski definition) is 2. The van der Waals surface area contributed by atoms with E-state index in [1.54, 1.807) is 0 Å². The smallest absolute Gasteiger partial charge is 0.457 e. The third-order valence-electron chi connectivity index (χ3n) is 5.47. The van der Waals surface area contributed by atoms with Crippen LogP contribution in [0, 0.1) is 5.82 Å². The van der Waals surface area contributed by atoms with Crippen LogP contribution in [0.25, 0.3) is 0 Å². The highest BCUT2D eigenvalue weighted by molar-refractivity contribution is 5.41. The number of aliphatic hydroxyl groups is 1. The van der Waals surface area contributed by atoms with E-state index in [-0.39, 0.29) is 17.1 Å². The maximum absolute atomic E-state index is 14.4. The molecule has 3 nitrogen and oxygen atoms in total. The van der Waals surface area contributed by atoms with Crippen molar-refractivity contribution in [3.8, 4) is 11.5 Å². The molecule has 0 spiro atoms. The van der Waals surface area contributed by atoms with E-state index in [1.807, 2.05) is 0 Å². The molecule has 212 valence electrons. The molecule has 3 aromatic rings. The van der Waals surface area contributed by atoms with E-state index in [2.05, 4.69) is 5.32 Å². The first kappa shape index (κ1) is 30.2. The number of aliphatic hydroxyl groups excluding tert-OH is 1. The maximum atomic E-state index is 14.4. The summed E-state index contributed by atoms with van der Waals surface area (Å²) < 4.78 is 151. The Balaban J connectivity index is 2.03. The highest BCUT2D eigenvalue weighted by atomic mass is 19.4. The highest BCUT2D eigenvalue weighted by Crippen LogP contribution is 2.52. The first-order chi connectivity index (χ1) is 17.9. The second-order valence-corrected chi connectivity index (χ2v) is 8.30. The number of ether oxygens (including phenoxy) is 1. The van der Waals surface area contributed by atoms with Crippen LogP contribution in [0.5, 0.6) is 11.5 Å². The summed E-state index contributed by atoms with van der Waals surface area (Å²) in [7, 11) is 0. The van der Waals surface area contributed by atoms with Crippen LogP contribution in [-0.4, -0.2) is 36.0 Å². The molecule has 0 bridgehead atoms. The molecule has 0 saturated heterocycles. The topological polar surface area (TPSA) is 41.5 Å². The summed E-state index contributed by atoms with van der Waals surface area (Å²) in [5, 5.41) is 11.7. The molecule has 0 radical (unpaired) electrons. The molecular formula is C25H18F11NO2. The quantitative estimate of drug-likeness (QED) is 0.261. The first-order valence-electron chi connectivity index (χ1n) is 10.9. The average Bonchev–Trinajstić information content (AvgIpc) is 2.84. The zero-order chi connectivity index (χ0) is 29.2. The van der Waals surface area contributed by atoms with Crippen molar-refractivity contribution in [1.29, 1.82) is 0 Å². The van der Waals surface area contributed by atoms with E-state index in [0.29, 0.717) is 12.1 Å². The lowest BCUT2D eigenvalue weighted by atomic mass is 9.93. The average molecular weight is 573 g/mol. The van der Waals surface area contributed by atoms with Gasteiger partial charge in [0.05, 0.1) is 6.04 Å². The van der Waals surface area contributed by atoms with E-state index in [1.165, 1.54) is 36.4 Å². The number of benzene rings is 3. The van der Waals surface area contributed by atoms with Crippen LogP contribution in [0.15, 0.2) is 72.8 Å². The van der Waals surface area contributed by atoms with Crippen molar-refractivity contribution in [2.45, 2.75) is 36.3 Å². The van der Waals surface area contributed by atoms with Crippen molar-refractivity contribution in [2.24, 2.45) is 0 Å². The van der Waals surface area contributed by atoms with E-state index in [4.69, 9.17) is 4.74 Å². The van der Waals surface area contributed by atoms with Crippen molar-refractivity contribution >= 4 is 0 Å². The summed E-state index contributed by atoms with van der Waals surface area (Å²) in [6.07, 6.45) is -14.6. The van der Waals surface area contributed by atoms with Crippen molar-refractivity contribution in [1.82, 2.24) is 5.32 Å². The first-order valence-corrected chi connectivity index (χ1v) is 10.9. The lowest BCUT2D eigenvalue weighted by molar-refractivity contribution is -0.359. The fourth-order valence-corrected chi connectivity index (χ4v) is 3.44. The third kappa shape index (κ3) is 6.79. The van der Waals surface area contributed by atoms with E-state index >= 15 is 0 Å². The predicted octanol–water partition coefficient (Wildman–Crippen LogP) is 7.51. The Morgan fingerprint density at radius 1 is 0.718 bits per heavy atom. The summed E-state index contributed by atoms with van der Waals surface area (Å²) >= 11 is 0. The number of nitrogens with one attached hydrogen (secondary N) is 1. The van der Waals surface area contributed by atoms with Crippen LogP contribution in [0.4, 0.5) is 48.3 Å². The predicted molar refractivity (Wildman–Crippen MR) is 116 cm³/mol. The van der Waals surface area contributed by atoms with E-state index < -0.39 is 59.8 Å². The van der Waals surface area contributed by atoms with Crippen LogP contribution in [0.2, 0.25) is 0 Å². The second kappa shape index (κ2) is 11.0. The summed E-state index contributed by atoms with van der Waals surface area (Å²) in [5.74, 6) is -12.6. The normalized spacial score (nSPS) is 14.7. The molecule has 0 saturated carbocycles. The van der Waals surface area contributed by atoms with Crippen molar-refractivity contribution < 1.29 is 58.1 Å². The third-order valence-corrected chi connectivity index (χ3v) is 5.47. The van der Waals surface area contributed by atoms with Gasteiger partial charge in [-0.05, 0) is 53.6 Å². The molecule has 0 fully saturated rings. The Morgan fingerprint density at radius 2 is 1.28 bits per heavy atom. The number of hydrogen-bond acceptors (Lipinski definition) is 3. The van der Waals surface area contributed by atoms with Gasteiger partial charge >= 0.3 is 24.2 Å². The summed E-state index contributed by atoms with van der Waals surface area (Å²) in [6.45, 7) is -1.20. The van der Waals surface area contributed by atoms with Crippen LogP contribution in [0.1, 0.15) is 22.7 Å². The minimum absolute atomic E-state index is 0.00651. The Labute approximate surface area is 213 Å². The minimum Gasteiger partial charge on any atom is -0.457 e. The van der Waals surface area contributed by atoms with Gasteiger partial charge < -0.3 is 15.2 Å². The summed E-state index contributed by atoms with van der Waals surface area (Å²) in [6, 6.07) is 10.7. The molecule has 0 aliphatic rings. The van der Waals surface area contributed by atoms with Crippen molar-refractivity contribution in [3.63, 3.8) is 0 Å². The lowest BCUT2D eigenvalue weighted by Crippen LogP contribution is -2.50. The maximum Gasteiger partial charge on any atom is 0.460 e. The molecule has 0 amide bonds. The van der Waals surface area contributed by atoms with Crippen LogP contribution in [0.3, 0.4) is 0 Å². The molecule has 39 heavy (non-hydrogen) atoms. The number of alkyl halides is 10. The Morgan fingerprint density at radius 3 is 1.85 bits per heavy atom. The van der Waals surface area contributed by atoms with E-state index in [9.17, 15) is 53.4 Å². The van der Waals surface area contributed by atoms with Gasteiger partial charge in [0.2, 0.25) is 0 Å². The van der Waals surface area contributed by atoms with Gasteiger partial charge in [-0.2, -0.15) is 43.9 Å². The summed E-state index contributed by atoms with van der Waals surface area (Å²) in [4.78, 5) is 0. The fraction of sp³-hybridized carbons (Fsp3) is 0.280. The molecule has 14 heteroatoms. The van der Waals surface area contributed by atoms with Gasteiger partial charge in [-0.25, -0.2) is 4.39 Å². The van der Waals surface area contributed by atoms with E-state index in [0.717, 1.165) is 24.3 Å². The molecule has 2 N–H and O–H groups in total. The van der Waals surface area contributed by atoms with Crippen molar-refractivity contribution in [3.05, 3.63) is 95.3 Å². The SMILES string of the molecule is O[C@H](CNC(c1cccc(Oc2ccc(F)cc2)c1)c1cccc(C(F)(F)C(F)(F)C(F)(F)F)c1)C(F)(F)F. The largest absolute Gasteiger partial charge is 0.460 e. The van der Waals surface area contributed by atoms with Crippen LogP contribution >= 0.6 is 0 Å². The molecule has 1 unspecified atom stereocenters. The van der Waals surface area contributed by atoms with Gasteiger partial charge in [-0.3, -0.25) is 0 Å². The van der Waals surface area contributed by atoms with Gasteiger partial charge in [-0.15, -0.1) is 0 Å². The molecule has 0 aliphatic heterocycles. The Kier molecular flexibility index (Phi) is 8.51. The molecule has 0 heterocycles. The van der Waals surface area contributed by atoms with Crippen LogP contribution in [-0.2, 0) is 5.92 Å². The molecule has 3 rings (SSSR count). The zero-order valence-electron chi connectivity index (χ0n) is 19.3. The highest BCUT2D eigenvalue weighted by Gasteiger charge is 2.73. The van der Waals surface area contributed by atoms with Gasteiger partial charge in [0, 0.05) is 12.1 Å². The molecule has 3 aromatic carbocycles. The van der Waals surface area contributed by atoms with Gasteiger partial charge in [0.1, 0.15) is 17.3 Å². The van der Waals surface area contributed by atoms with Gasteiger partial charge in [0.15, 0.2) is 6.10 Å². The zero-order valence-corrected chi connectivity index (χ0v) is 19.3. The fourth-order valence-electron chi connectivity index (χ4n) is 3.44. The molecule has 0 aliphatic carbocycles. The Hall–Kier alpha value is -3.39. The minimum atomic E-state index is -6.60. The Bertz CT molecular complexity index is 1260. The number of rotatable bonds is 9. The molecule has 2 atom stereocenters. The monoisotopic (exact) mass is 573 g/mol. The second-order valence-electron chi connectivity index (χ2n) is 8.30. The molecular weight excluding hydrogens is 555 g/mol. The van der Waals surface area contributed by atoms with Gasteiger partial charge in [-0.1, -0.05) is 30.3 Å². The number of halogens is 11. The molecule has 0 aromatic heterocycles. The van der Waals surface area contributed by atoms with Crippen LogP contribution < -0.4 is 10.1 Å². The van der Waals surface area contributed by atoms with Crippen molar-refractivity contribution in [2.75, 3.05) is 6.54 Å². The standard InChI is InChI=1S/C25H18F11NO2/c26-17-7-9-18(10-8-17)39-19-6-2-4-15(12-19)21(37-13-20(38)23(29,30)31)14-3-1-5-16(11-14)22(27,28)24(32,33)25(34,35)36/h1-12,20-21,37-38H,13H2/t20-,21?/m1/s1. The lowest BCUT2D eigenvalue weighted by Gasteiger charge is -2.29. The van der Waals surface area contributed by atoms with Gasteiger partial charge in [0.25, 0.3) is 0 Å².